The molecule has 0 saturated heterocycles. The fraction of sp³-hybridized carbons (Fsp3) is 0.571. The predicted molar refractivity (Wildman–Crippen MR) is 76.3 cm³/mol. The third-order valence-electron chi connectivity index (χ3n) is 3.57. The summed E-state index contributed by atoms with van der Waals surface area (Å²) in [5, 5.41) is 3.55. The Bertz CT molecular complexity index is 436. The SMILES string of the molecule is C=CCC1(F)CCC(Nc2cc(C)nc(Cl)n2)CC1. The molecule has 0 amide bonds. The van der Waals surface area contributed by atoms with Gasteiger partial charge in [0.1, 0.15) is 11.5 Å². The number of aromatic nitrogens is 2. The maximum absolute atomic E-state index is 14.3. The van der Waals surface area contributed by atoms with Gasteiger partial charge in [0.05, 0.1) is 0 Å². The van der Waals surface area contributed by atoms with Crippen LogP contribution in [0.1, 0.15) is 37.8 Å². The zero-order valence-corrected chi connectivity index (χ0v) is 11.9. The van der Waals surface area contributed by atoms with E-state index in [0.29, 0.717) is 19.3 Å². The molecule has 19 heavy (non-hydrogen) atoms. The lowest BCUT2D eigenvalue weighted by atomic mass is 9.81. The lowest BCUT2D eigenvalue weighted by Gasteiger charge is -2.33. The molecule has 1 heterocycles. The van der Waals surface area contributed by atoms with Crippen molar-refractivity contribution >= 4 is 17.4 Å². The zero-order valence-electron chi connectivity index (χ0n) is 11.1. The van der Waals surface area contributed by atoms with E-state index in [2.05, 4.69) is 21.9 Å². The second kappa shape index (κ2) is 5.87. The molecule has 0 aliphatic heterocycles. The van der Waals surface area contributed by atoms with E-state index in [0.717, 1.165) is 24.4 Å². The van der Waals surface area contributed by atoms with Gasteiger partial charge < -0.3 is 5.32 Å². The van der Waals surface area contributed by atoms with Gasteiger partial charge in [-0.05, 0) is 50.6 Å². The lowest BCUT2D eigenvalue weighted by Crippen LogP contribution is -2.35. The molecule has 0 radical (unpaired) electrons. The Kier molecular flexibility index (Phi) is 4.40. The summed E-state index contributed by atoms with van der Waals surface area (Å²) in [7, 11) is 0. The highest BCUT2D eigenvalue weighted by atomic mass is 35.5. The summed E-state index contributed by atoms with van der Waals surface area (Å²) in [6.45, 7) is 5.49. The smallest absolute Gasteiger partial charge is 0.224 e. The van der Waals surface area contributed by atoms with Crippen LogP contribution in [0.25, 0.3) is 0 Å². The van der Waals surface area contributed by atoms with Crippen LogP contribution in [-0.2, 0) is 0 Å². The van der Waals surface area contributed by atoms with Crippen molar-refractivity contribution in [2.75, 3.05) is 5.32 Å². The lowest BCUT2D eigenvalue weighted by molar-refractivity contribution is 0.106. The number of alkyl halides is 1. The minimum atomic E-state index is -1.07. The van der Waals surface area contributed by atoms with Crippen molar-refractivity contribution in [2.24, 2.45) is 0 Å². The second-order valence-corrected chi connectivity index (χ2v) is 5.56. The molecule has 0 bridgehead atoms. The van der Waals surface area contributed by atoms with Crippen LogP contribution < -0.4 is 5.32 Å². The number of hydrogen-bond donors (Lipinski definition) is 1. The predicted octanol–water partition coefficient (Wildman–Crippen LogP) is 4.08. The molecule has 5 heteroatoms. The van der Waals surface area contributed by atoms with Gasteiger partial charge >= 0.3 is 0 Å². The van der Waals surface area contributed by atoms with Crippen molar-refractivity contribution in [3.05, 3.63) is 29.7 Å². The largest absolute Gasteiger partial charge is 0.367 e. The van der Waals surface area contributed by atoms with Crippen LogP contribution in [0.15, 0.2) is 18.7 Å². The van der Waals surface area contributed by atoms with Gasteiger partial charge in [-0.25, -0.2) is 14.4 Å². The van der Waals surface area contributed by atoms with Crippen LogP contribution in [0.3, 0.4) is 0 Å². The van der Waals surface area contributed by atoms with Crippen molar-refractivity contribution in [3.63, 3.8) is 0 Å². The van der Waals surface area contributed by atoms with Crippen molar-refractivity contribution in [1.82, 2.24) is 9.97 Å². The standard InChI is InChI=1S/C14H19ClFN3/c1-3-6-14(16)7-4-11(5-8-14)18-12-9-10(2)17-13(15)19-12/h3,9,11H,1,4-8H2,2H3,(H,17,18,19). The Morgan fingerprint density at radius 2 is 2.21 bits per heavy atom. The summed E-state index contributed by atoms with van der Waals surface area (Å²) in [6.07, 6.45) is 4.83. The summed E-state index contributed by atoms with van der Waals surface area (Å²) in [6, 6.07) is 2.10. The molecule has 1 N–H and O–H groups in total. The Morgan fingerprint density at radius 1 is 1.53 bits per heavy atom. The molecule has 1 saturated carbocycles. The van der Waals surface area contributed by atoms with Crippen molar-refractivity contribution in [3.8, 4) is 0 Å². The van der Waals surface area contributed by atoms with Crippen LogP contribution in [0.2, 0.25) is 5.28 Å². The number of halogens is 2. The zero-order chi connectivity index (χ0) is 13.9. The van der Waals surface area contributed by atoms with E-state index in [-0.39, 0.29) is 11.3 Å². The van der Waals surface area contributed by atoms with E-state index in [4.69, 9.17) is 11.6 Å². The highest BCUT2D eigenvalue weighted by molar-refractivity contribution is 6.28. The molecule has 1 aromatic heterocycles. The molecule has 2 rings (SSSR count). The van der Waals surface area contributed by atoms with E-state index < -0.39 is 5.67 Å². The third-order valence-corrected chi connectivity index (χ3v) is 3.74. The van der Waals surface area contributed by atoms with Gasteiger partial charge in [0, 0.05) is 17.8 Å². The first-order valence-corrected chi connectivity index (χ1v) is 6.96. The Hall–Kier alpha value is -1.16. The highest BCUT2D eigenvalue weighted by Crippen LogP contribution is 2.35. The van der Waals surface area contributed by atoms with E-state index in [9.17, 15) is 4.39 Å². The number of nitrogens with zero attached hydrogens (tertiary/aromatic N) is 2. The summed E-state index contributed by atoms with van der Waals surface area (Å²) in [5.41, 5.74) is -0.246. The van der Waals surface area contributed by atoms with Crippen molar-refractivity contribution in [2.45, 2.75) is 50.7 Å². The molecule has 1 fully saturated rings. The summed E-state index contributed by atoms with van der Waals surface area (Å²) >= 11 is 5.82. The molecule has 0 aromatic carbocycles. The van der Waals surface area contributed by atoms with Crippen LogP contribution in [0, 0.1) is 6.92 Å². The first-order valence-electron chi connectivity index (χ1n) is 6.58. The number of aryl methyl sites for hydroxylation is 1. The summed E-state index contributed by atoms with van der Waals surface area (Å²) < 4.78 is 14.3. The maximum atomic E-state index is 14.3. The second-order valence-electron chi connectivity index (χ2n) is 5.23. The highest BCUT2D eigenvalue weighted by Gasteiger charge is 2.34. The molecular formula is C14H19ClFN3. The summed E-state index contributed by atoms with van der Waals surface area (Å²) in [4.78, 5) is 8.15. The number of allylic oxidation sites excluding steroid dienone is 1. The molecule has 0 unspecified atom stereocenters. The quantitative estimate of drug-likeness (QED) is 0.668. The van der Waals surface area contributed by atoms with E-state index >= 15 is 0 Å². The minimum absolute atomic E-state index is 0.241. The van der Waals surface area contributed by atoms with E-state index in [1.807, 2.05) is 13.0 Å². The molecular weight excluding hydrogens is 265 g/mol. The van der Waals surface area contributed by atoms with Gasteiger partial charge in [-0.15, -0.1) is 6.58 Å². The molecule has 3 nitrogen and oxygen atoms in total. The van der Waals surface area contributed by atoms with Crippen LogP contribution in [-0.4, -0.2) is 21.7 Å². The first kappa shape index (κ1) is 14.3. The van der Waals surface area contributed by atoms with Crippen molar-refractivity contribution in [1.29, 1.82) is 0 Å². The minimum Gasteiger partial charge on any atom is -0.367 e. The van der Waals surface area contributed by atoms with E-state index in [1.54, 1.807) is 6.08 Å². The number of nitrogens with one attached hydrogen (secondary N) is 1. The Balaban J connectivity index is 1.93. The van der Waals surface area contributed by atoms with Gasteiger partial charge in [0.2, 0.25) is 5.28 Å². The average molecular weight is 284 g/mol. The monoisotopic (exact) mass is 283 g/mol. The molecule has 0 spiro atoms. The van der Waals surface area contributed by atoms with Crippen LogP contribution in [0.5, 0.6) is 0 Å². The molecule has 104 valence electrons. The third kappa shape index (κ3) is 3.90. The summed E-state index contributed by atoms with van der Waals surface area (Å²) in [5.74, 6) is 0.720. The normalized spacial score (nSPS) is 27.0. The van der Waals surface area contributed by atoms with Gasteiger partial charge in [0.25, 0.3) is 0 Å². The maximum Gasteiger partial charge on any atom is 0.224 e. The molecule has 1 aliphatic rings. The van der Waals surface area contributed by atoms with Gasteiger partial charge in [-0.3, -0.25) is 0 Å². The Morgan fingerprint density at radius 3 is 2.79 bits per heavy atom. The van der Waals surface area contributed by atoms with E-state index in [1.165, 1.54) is 0 Å². The van der Waals surface area contributed by atoms with Gasteiger partial charge in [-0.2, -0.15) is 0 Å². The fourth-order valence-corrected chi connectivity index (χ4v) is 2.78. The number of anilines is 1. The topological polar surface area (TPSA) is 37.8 Å². The fourth-order valence-electron chi connectivity index (χ4n) is 2.56. The van der Waals surface area contributed by atoms with Crippen LogP contribution >= 0.6 is 11.6 Å². The average Bonchev–Trinajstić information content (AvgIpc) is 2.31. The molecule has 1 aromatic rings. The Labute approximate surface area is 118 Å². The van der Waals surface area contributed by atoms with Crippen LogP contribution in [0.4, 0.5) is 10.2 Å². The molecule has 0 atom stereocenters. The van der Waals surface area contributed by atoms with Gasteiger partial charge in [0.15, 0.2) is 0 Å². The van der Waals surface area contributed by atoms with Gasteiger partial charge in [-0.1, -0.05) is 6.08 Å². The van der Waals surface area contributed by atoms with Crippen molar-refractivity contribution < 1.29 is 4.39 Å². The molecule has 1 aliphatic carbocycles. The number of hydrogen-bond acceptors (Lipinski definition) is 3. The first-order chi connectivity index (χ1) is 9.00. The number of rotatable bonds is 4.